The van der Waals surface area contributed by atoms with E-state index in [-0.39, 0.29) is 5.60 Å². The first-order chi connectivity index (χ1) is 9.71. The molecule has 3 heteroatoms. The third kappa shape index (κ3) is 2.84. The highest BCUT2D eigenvalue weighted by Gasteiger charge is 2.38. The molecule has 1 N–H and O–H groups in total. The Morgan fingerprint density at radius 1 is 1.15 bits per heavy atom. The van der Waals surface area contributed by atoms with Crippen molar-refractivity contribution >= 4 is 26.7 Å². The molecule has 0 bridgehead atoms. The maximum Gasteiger partial charge on any atom is 0.120 e. The highest BCUT2D eigenvalue weighted by molar-refractivity contribution is 9.10. The number of halogens is 1. The molecular formula is C17H20BrNO. The highest BCUT2D eigenvalue weighted by Crippen LogP contribution is 2.39. The van der Waals surface area contributed by atoms with E-state index in [1.807, 2.05) is 7.05 Å². The van der Waals surface area contributed by atoms with Crippen LogP contribution in [0.3, 0.4) is 0 Å². The Morgan fingerprint density at radius 3 is 2.60 bits per heavy atom. The third-order valence-corrected chi connectivity index (χ3v) is 4.70. The van der Waals surface area contributed by atoms with Crippen LogP contribution in [0.25, 0.3) is 10.8 Å². The van der Waals surface area contributed by atoms with Crippen molar-refractivity contribution in [1.82, 2.24) is 5.32 Å². The average molecular weight is 334 g/mol. The van der Waals surface area contributed by atoms with E-state index < -0.39 is 0 Å². The maximum atomic E-state index is 6.33. The molecule has 0 radical (unpaired) electrons. The minimum atomic E-state index is 0.0616. The van der Waals surface area contributed by atoms with Crippen molar-refractivity contribution in [3.8, 4) is 5.75 Å². The first-order valence-corrected chi connectivity index (χ1v) is 8.03. The molecule has 2 nitrogen and oxygen atoms in total. The van der Waals surface area contributed by atoms with Crippen LogP contribution in [-0.2, 0) is 0 Å². The molecule has 2 aromatic carbocycles. The van der Waals surface area contributed by atoms with Gasteiger partial charge in [0.25, 0.3) is 0 Å². The van der Waals surface area contributed by atoms with Gasteiger partial charge in [0.05, 0.1) is 0 Å². The summed E-state index contributed by atoms with van der Waals surface area (Å²) in [6.45, 7) is 1.01. The third-order valence-electron chi connectivity index (χ3n) is 4.20. The number of hydrogen-bond acceptors (Lipinski definition) is 2. The molecular weight excluding hydrogens is 314 g/mol. The topological polar surface area (TPSA) is 21.3 Å². The molecule has 1 fully saturated rings. The van der Waals surface area contributed by atoms with Crippen LogP contribution in [0.1, 0.15) is 25.7 Å². The second-order valence-electron chi connectivity index (χ2n) is 5.65. The summed E-state index contributed by atoms with van der Waals surface area (Å²) in [7, 11) is 2.00. The van der Waals surface area contributed by atoms with Crippen LogP contribution in [0.5, 0.6) is 5.75 Å². The Hall–Kier alpha value is -1.06. The molecule has 106 valence electrons. The van der Waals surface area contributed by atoms with Gasteiger partial charge in [0.2, 0.25) is 0 Å². The lowest BCUT2D eigenvalue weighted by Gasteiger charge is -2.42. The Labute approximate surface area is 128 Å². The largest absolute Gasteiger partial charge is 0.487 e. The van der Waals surface area contributed by atoms with Crippen LogP contribution in [-0.4, -0.2) is 19.2 Å². The van der Waals surface area contributed by atoms with E-state index in [1.165, 1.54) is 30.0 Å². The number of fused-ring (bicyclic) bond motifs is 1. The van der Waals surface area contributed by atoms with Gasteiger partial charge in [0.15, 0.2) is 0 Å². The van der Waals surface area contributed by atoms with Gasteiger partial charge in [-0.2, -0.15) is 0 Å². The number of benzene rings is 2. The summed E-state index contributed by atoms with van der Waals surface area (Å²) in [5.41, 5.74) is 0.0616. The van der Waals surface area contributed by atoms with Crippen LogP contribution < -0.4 is 10.1 Å². The van der Waals surface area contributed by atoms with Gasteiger partial charge in [-0.05, 0) is 74.3 Å². The van der Waals surface area contributed by atoms with Gasteiger partial charge in [-0.15, -0.1) is 0 Å². The number of nitrogens with one attached hydrogen (secondary N) is 1. The van der Waals surface area contributed by atoms with E-state index in [0.29, 0.717) is 0 Å². The normalized spacial score (nSPS) is 16.9. The predicted octanol–water partition coefficient (Wildman–Crippen LogP) is 4.51. The van der Waals surface area contributed by atoms with E-state index >= 15 is 0 Å². The Bertz CT molecular complexity index is 607. The Balaban J connectivity index is 1.81. The molecule has 20 heavy (non-hydrogen) atoms. The molecule has 3 rings (SSSR count). The van der Waals surface area contributed by atoms with Crippen molar-refractivity contribution in [3.05, 3.63) is 40.9 Å². The molecule has 0 saturated heterocycles. The fraction of sp³-hybridized carbons (Fsp3) is 0.412. The first kappa shape index (κ1) is 13.9. The summed E-state index contributed by atoms with van der Waals surface area (Å²) in [5.74, 6) is 0.996. The highest BCUT2D eigenvalue weighted by atomic mass is 79.9. The number of ether oxygens (including phenoxy) is 1. The van der Waals surface area contributed by atoms with E-state index in [2.05, 4.69) is 57.6 Å². The zero-order chi connectivity index (χ0) is 14.0. The minimum absolute atomic E-state index is 0.0616. The molecule has 1 aliphatic carbocycles. The van der Waals surface area contributed by atoms with Gasteiger partial charge in [-0.1, -0.05) is 28.1 Å². The van der Waals surface area contributed by atoms with Crippen LogP contribution in [0.2, 0.25) is 0 Å². The van der Waals surface area contributed by atoms with Gasteiger partial charge >= 0.3 is 0 Å². The molecule has 0 unspecified atom stereocenters. The number of rotatable bonds is 5. The van der Waals surface area contributed by atoms with Gasteiger partial charge < -0.3 is 10.1 Å². The summed E-state index contributed by atoms with van der Waals surface area (Å²) in [5, 5.41) is 5.70. The molecule has 2 aromatic rings. The second kappa shape index (κ2) is 5.74. The van der Waals surface area contributed by atoms with Gasteiger partial charge in [-0.25, -0.2) is 0 Å². The lowest BCUT2D eigenvalue weighted by molar-refractivity contribution is -0.0137. The SMILES string of the molecule is CNCCC1(Oc2ccc3cc(Br)ccc3c2)CCC1. The lowest BCUT2D eigenvalue weighted by atomic mass is 9.77. The summed E-state index contributed by atoms with van der Waals surface area (Å²) >= 11 is 3.51. The predicted molar refractivity (Wildman–Crippen MR) is 87.4 cm³/mol. The summed E-state index contributed by atoms with van der Waals surface area (Å²) in [4.78, 5) is 0. The molecule has 0 amide bonds. The van der Waals surface area contributed by atoms with E-state index in [1.54, 1.807) is 0 Å². The van der Waals surface area contributed by atoms with Gasteiger partial charge in [0, 0.05) is 4.47 Å². The second-order valence-corrected chi connectivity index (χ2v) is 6.56. The molecule has 0 heterocycles. The molecule has 1 saturated carbocycles. The van der Waals surface area contributed by atoms with Crippen LogP contribution in [0.15, 0.2) is 40.9 Å². The van der Waals surface area contributed by atoms with Crippen molar-refractivity contribution in [1.29, 1.82) is 0 Å². The van der Waals surface area contributed by atoms with Crippen molar-refractivity contribution in [2.24, 2.45) is 0 Å². The van der Waals surface area contributed by atoms with E-state index in [9.17, 15) is 0 Å². The zero-order valence-corrected chi connectivity index (χ0v) is 13.4. The fourth-order valence-corrected chi connectivity index (χ4v) is 3.21. The maximum absolute atomic E-state index is 6.33. The number of hydrogen-bond donors (Lipinski definition) is 1. The van der Waals surface area contributed by atoms with Crippen LogP contribution in [0, 0.1) is 0 Å². The summed E-state index contributed by atoms with van der Waals surface area (Å²) in [6, 6.07) is 12.7. The van der Waals surface area contributed by atoms with Crippen molar-refractivity contribution in [3.63, 3.8) is 0 Å². The first-order valence-electron chi connectivity index (χ1n) is 7.24. The molecule has 0 atom stereocenters. The molecule has 0 spiro atoms. The van der Waals surface area contributed by atoms with E-state index in [4.69, 9.17) is 4.74 Å². The standard InChI is InChI=1S/C17H20BrNO/c1-19-10-9-17(7-2-8-17)20-16-6-4-13-11-15(18)5-3-14(13)12-16/h3-6,11-12,19H,2,7-10H2,1H3. The smallest absolute Gasteiger partial charge is 0.120 e. The average Bonchev–Trinajstić information content (AvgIpc) is 2.41. The quantitative estimate of drug-likeness (QED) is 0.868. The fourth-order valence-electron chi connectivity index (χ4n) is 2.84. The minimum Gasteiger partial charge on any atom is -0.487 e. The van der Waals surface area contributed by atoms with Crippen molar-refractivity contribution in [2.75, 3.05) is 13.6 Å². The Morgan fingerprint density at radius 2 is 1.90 bits per heavy atom. The van der Waals surface area contributed by atoms with Gasteiger partial charge in [0.1, 0.15) is 11.4 Å². The molecule has 0 aliphatic heterocycles. The Kier molecular flexibility index (Phi) is 3.99. The lowest BCUT2D eigenvalue weighted by Crippen LogP contribution is -2.45. The van der Waals surface area contributed by atoms with Crippen molar-refractivity contribution < 1.29 is 4.74 Å². The van der Waals surface area contributed by atoms with Gasteiger partial charge in [-0.3, -0.25) is 0 Å². The summed E-state index contributed by atoms with van der Waals surface area (Å²) < 4.78 is 7.44. The molecule has 1 aliphatic rings. The van der Waals surface area contributed by atoms with Crippen LogP contribution >= 0.6 is 15.9 Å². The molecule has 0 aromatic heterocycles. The van der Waals surface area contributed by atoms with Crippen LogP contribution in [0.4, 0.5) is 0 Å². The summed E-state index contributed by atoms with van der Waals surface area (Å²) in [6.07, 6.45) is 4.71. The monoisotopic (exact) mass is 333 g/mol. The van der Waals surface area contributed by atoms with E-state index in [0.717, 1.165) is 23.2 Å². The zero-order valence-electron chi connectivity index (χ0n) is 11.8. The van der Waals surface area contributed by atoms with Crippen molar-refractivity contribution in [2.45, 2.75) is 31.3 Å².